The normalized spacial score (nSPS) is 23.1. The van der Waals surface area contributed by atoms with Crippen LogP contribution in [0.15, 0.2) is 40.0 Å². The summed E-state index contributed by atoms with van der Waals surface area (Å²) in [6.07, 6.45) is 2.26. The molecule has 0 spiro atoms. The number of hydrogen-bond donors (Lipinski definition) is 1. The van der Waals surface area contributed by atoms with Crippen LogP contribution in [0.4, 0.5) is 0 Å². The van der Waals surface area contributed by atoms with E-state index in [9.17, 15) is 4.79 Å². The lowest BCUT2D eigenvalue weighted by Gasteiger charge is -2.33. The van der Waals surface area contributed by atoms with Gasteiger partial charge in [0.1, 0.15) is 5.69 Å². The first-order valence-corrected chi connectivity index (χ1v) is 11.1. The van der Waals surface area contributed by atoms with Gasteiger partial charge in [-0.05, 0) is 19.4 Å². The zero-order valence-corrected chi connectivity index (χ0v) is 18.7. The molecular formula is C23H31N5O4. The second-order valence-corrected chi connectivity index (χ2v) is 8.62. The maximum Gasteiger partial charge on any atom is 0.317 e. The van der Waals surface area contributed by atoms with E-state index in [0.717, 1.165) is 61.8 Å². The topological polar surface area (TPSA) is 94.6 Å². The Morgan fingerprint density at radius 1 is 1.12 bits per heavy atom. The number of hydrogen-bond acceptors (Lipinski definition) is 8. The van der Waals surface area contributed by atoms with Crippen molar-refractivity contribution < 1.29 is 19.2 Å². The minimum Gasteiger partial charge on any atom is -0.480 e. The van der Waals surface area contributed by atoms with E-state index in [2.05, 4.69) is 34.0 Å². The highest BCUT2D eigenvalue weighted by molar-refractivity contribution is 5.80. The number of carboxylic acids is 1. The summed E-state index contributed by atoms with van der Waals surface area (Å²) in [5.41, 5.74) is 2.84. The largest absolute Gasteiger partial charge is 0.480 e. The summed E-state index contributed by atoms with van der Waals surface area (Å²) in [6, 6.07) is 10.1. The molecule has 0 aliphatic carbocycles. The van der Waals surface area contributed by atoms with Crippen molar-refractivity contribution in [3.8, 4) is 11.3 Å². The Balaban J connectivity index is 1.30. The van der Waals surface area contributed by atoms with Crippen LogP contribution in [0.5, 0.6) is 0 Å². The molecule has 2 unspecified atom stereocenters. The van der Waals surface area contributed by atoms with Crippen LogP contribution in [0.25, 0.3) is 11.3 Å². The Bertz CT molecular complexity index is 911. The molecular weight excluding hydrogens is 410 g/mol. The molecule has 0 bridgehead atoms. The monoisotopic (exact) mass is 441 g/mol. The fourth-order valence-corrected chi connectivity index (χ4v) is 4.17. The van der Waals surface area contributed by atoms with Gasteiger partial charge >= 0.3 is 5.97 Å². The third kappa shape index (κ3) is 6.15. The molecule has 0 amide bonds. The quantitative estimate of drug-likeness (QED) is 0.652. The molecule has 2 fully saturated rings. The lowest BCUT2D eigenvalue weighted by Crippen LogP contribution is -2.47. The second kappa shape index (κ2) is 10.2. The molecule has 9 nitrogen and oxygen atoms in total. The van der Waals surface area contributed by atoms with Crippen molar-refractivity contribution >= 4 is 12.2 Å². The molecule has 4 rings (SSSR count). The molecule has 9 heteroatoms. The lowest BCUT2D eigenvalue weighted by atomic mass is 10.1. The van der Waals surface area contributed by atoms with Crippen LogP contribution >= 0.6 is 0 Å². The third-order valence-corrected chi connectivity index (χ3v) is 5.74. The van der Waals surface area contributed by atoms with Crippen LogP contribution < -0.4 is 0 Å². The van der Waals surface area contributed by atoms with E-state index in [1.807, 2.05) is 41.4 Å². The van der Waals surface area contributed by atoms with Gasteiger partial charge in [-0.1, -0.05) is 29.4 Å². The van der Waals surface area contributed by atoms with E-state index in [4.69, 9.17) is 14.4 Å². The fourth-order valence-electron chi connectivity index (χ4n) is 4.17. The standard InChI is InChI=1S/C23H31N5O4/c1-17-13-28(14-18(2)31-17)24-12-19-3-5-20(6-4-19)22-11-21(32-25-22)15-26-7-9-27(10-8-26)16-23(29)30/h3-6,11-12,17-18H,7-10,13-16H2,1-2H3,(H,29,30). The Hall–Kier alpha value is -2.75. The molecule has 2 aliphatic heterocycles. The first-order valence-electron chi connectivity index (χ1n) is 11.1. The molecule has 2 aliphatic rings. The average molecular weight is 442 g/mol. The zero-order valence-electron chi connectivity index (χ0n) is 18.7. The lowest BCUT2D eigenvalue weighted by molar-refractivity contribution is -0.138. The van der Waals surface area contributed by atoms with Crippen molar-refractivity contribution in [1.82, 2.24) is 20.0 Å². The van der Waals surface area contributed by atoms with Crippen molar-refractivity contribution in [2.24, 2.45) is 5.10 Å². The zero-order chi connectivity index (χ0) is 22.5. The van der Waals surface area contributed by atoms with Crippen molar-refractivity contribution in [2.45, 2.75) is 32.6 Å². The van der Waals surface area contributed by atoms with Crippen LogP contribution in [-0.4, -0.2) is 95.3 Å². The predicted molar refractivity (Wildman–Crippen MR) is 120 cm³/mol. The SMILES string of the molecule is CC1CN(N=Cc2ccc(-c3cc(CN4CCN(CC(=O)O)CC4)on3)cc2)CC(C)O1. The van der Waals surface area contributed by atoms with Crippen molar-refractivity contribution in [3.05, 3.63) is 41.7 Å². The molecule has 2 atom stereocenters. The summed E-state index contributed by atoms with van der Waals surface area (Å²) < 4.78 is 11.3. The number of hydrazone groups is 1. The number of rotatable bonds is 7. The summed E-state index contributed by atoms with van der Waals surface area (Å²) >= 11 is 0. The number of benzene rings is 1. The van der Waals surface area contributed by atoms with E-state index in [1.54, 1.807) is 0 Å². The summed E-state index contributed by atoms with van der Waals surface area (Å²) in [5, 5.41) is 19.8. The number of aliphatic carboxylic acids is 1. The Morgan fingerprint density at radius 3 is 2.44 bits per heavy atom. The Kier molecular flexibility index (Phi) is 7.19. The second-order valence-electron chi connectivity index (χ2n) is 8.62. The van der Waals surface area contributed by atoms with Crippen LogP contribution in [0.1, 0.15) is 25.2 Å². The predicted octanol–water partition coefficient (Wildman–Crippen LogP) is 1.99. The number of morpholine rings is 1. The number of aromatic nitrogens is 1. The summed E-state index contributed by atoms with van der Waals surface area (Å²) in [6.45, 7) is 9.65. The summed E-state index contributed by atoms with van der Waals surface area (Å²) in [5.74, 6) is 0.0359. The minimum absolute atomic E-state index is 0.103. The molecule has 172 valence electrons. The van der Waals surface area contributed by atoms with Gasteiger partial charge in [0.15, 0.2) is 5.76 Å². The van der Waals surface area contributed by atoms with Crippen molar-refractivity contribution in [2.75, 3.05) is 45.8 Å². The highest BCUT2D eigenvalue weighted by atomic mass is 16.5. The van der Waals surface area contributed by atoms with Crippen LogP contribution in [-0.2, 0) is 16.1 Å². The number of nitrogens with zero attached hydrogens (tertiary/aromatic N) is 5. The van der Waals surface area contributed by atoms with Gasteiger partial charge in [0.25, 0.3) is 0 Å². The molecule has 2 saturated heterocycles. The highest BCUT2D eigenvalue weighted by Gasteiger charge is 2.21. The summed E-state index contributed by atoms with van der Waals surface area (Å²) in [4.78, 5) is 15.1. The molecule has 0 radical (unpaired) electrons. The van der Waals surface area contributed by atoms with E-state index in [-0.39, 0.29) is 18.8 Å². The molecule has 2 aromatic rings. The smallest absolute Gasteiger partial charge is 0.317 e. The Labute approximate surface area is 188 Å². The third-order valence-electron chi connectivity index (χ3n) is 5.74. The van der Waals surface area contributed by atoms with Crippen molar-refractivity contribution in [3.63, 3.8) is 0 Å². The molecule has 0 saturated carbocycles. The molecule has 3 heterocycles. The van der Waals surface area contributed by atoms with Gasteiger partial charge < -0.3 is 14.4 Å². The first kappa shape index (κ1) is 22.4. The van der Waals surface area contributed by atoms with Gasteiger partial charge in [0, 0.05) is 37.8 Å². The molecule has 1 aromatic carbocycles. The fraction of sp³-hybridized carbons (Fsp3) is 0.522. The number of carbonyl (C=O) groups is 1. The highest BCUT2D eigenvalue weighted by Crippen LogP contribution is 2.21. The molecule has 32 heavy (non-hydrogen) atoms. The van der Waals surface area contributed by atoms with Crippen LogP contribution in [0, 0.1) is 0 Å². The van der Waals surface area contributed by atoms with E-state index >= 15 is 0 Å². The summed E-state index contributed by atoms with van der Waals surface area (Å²) in [7, 11) is 0. The average Bonchev–Trinajstić information content (AvgIpc) is 3.21. The van der Waals surface area contributed by atoms with Crippen LogP contribution in [0.2, 0.25) is 0 Å². The molecule has 1 N–H and O–H groups in total. The van der Waals surface area contributed by atoms with Gasteiger partial charge in [-0.25, -0.2) is 0 Å². The van der Waals surface area contributed by atoms with Gasteiger partial charge in [-0.3, -0.25) is 19.6 Å². The van der Waals surface area contributed by atoms with E-state index < -0.39 is 5.97 Å². The van der Waals surface area contributed by atoms with Gasteiger partial charge in [-0.15, -0.1) is 0 Å². The minimum atomic E-state index is -0.777. The molecule has 1 aromatic heterocycles. The first-order chi connectivity index (χ1) is 15.4. The maximum atomic E-state index is 10.8. The number of carboxylic acid groups (broad SMARTS) is 1. The number of piperazine rings is 1. The van der Waals surface area contributed by atoms with Gasteiger partial charge in [-0.2, -0.15) is 5.10 Å². The maximum absolute atomic E-state index is 10.8. The van der Waals surface area contributed by atoms with E-state index in [1.165, 1.54) is 0 Å². The van der Waals surface area contributed by atoms with Crippen LogP contribution in [0.3, 0.4) is 0 Å². The van der Waals surface area contributed by atoms with Gasteiger partial charge in [0.2, 0.25) is 0 Å². The van der Waals surface area contributed by atoms with Gasteiger partial charge in [0.05, 0.1) is 44.6 Å². The number of ether oxygens (including phenoxy) is 1. The Morgan fingerprint density at radius 2 is 1.78 bits per heavy atom. The van der Waals surface area contributed by atoms with E-state index in [0.29, 0.717) is 6.54 Å². The van der Waals surface area contributed by atoms with Crippen molar-refractivity contribution in [1.29, 1.82) is 0 Å².